The molecule has 1 aliphatic rings. The van der Waals surface area contributed by atoms with Crippen LogP contribution in [0.25, 0.3) is 11.4 Å². The van der Waals surface area contributed by atoms with E-state index in [0.717, 1.165) is 5.56 Å². The molecule has 4 aromatic rings. The molecule has 10 nitrogen and oxygen atoms in total. The lowest BCUT2D eigenvalue weighted by molar-refractivity contribution is -0.384. The first kappa shape index (κ1) is 24.8. The average molecular weight is 510 g/mol. The zero-order valence-corrected chi connectivity index (χ0v) is 21.5. The number of nitro benzene ring substituents is 1. The first-order valence-electron chi connectivity index (χ1n) is 12.1. The van der Waals surface area contributed by atoms with Crippen LogP contribution in [-0.2, 0) is 10.2 Å². The average Bonchev–Trinajstić information content (AvgIpc) is 3.31. The largest absolute Gasteiger partial charge is 0.328 e. The van der Waals surface area contributed by atoms with E-state index in [0.29, 0.717) is 34.3 Å². The van der Waals surface area contributed by atoms with Crippen molar-refractivity contribution >= 4 is 23.2 Å². The number of fused-ring (bicyclic) bond motifs is 1. The van der Waals surface area contributed by atoms with Crippen LogP contribution in [0.15, 0.2) is 84.3 Å². The minimum absolute atomic E-state index is 0.00560. The van der Waals surface area contributed by atoms with Gasteiger partial charge < -0.3 is 10.6 Å². The number of rotatable bonds is 5. The van der Waals surface area contributed by atoms with Gasteiger partial charge in [-0.3, -0.25) is 19.9 Å². The lowest BCUT2D eigenvalue weighted by atomic mass is 9.87. The molecule has 10 heteroatoms. The molecule has 38 heavy (non-hydrogen) atoms. The number of carbonyl (C=O) groups excluding carboxylic acids is 1. The molecule has 5 rings (SSSR count). The molecular formula is C28H27N7O3. The number of amides is 1. The lowest BCUT2D eigenvalue weighted by Gasteiger charge is -2.28. The molecule has 1 amide bonds. The highest BCUT2D eigenvalue weighted by Crippen LogP contribution is 2.38. The highest BCUT2D eigenvalue weighted by atomic mass is 16.6. The Morgan fingerprint density at radius 1 is 1.11 bits per heavy atom. The smallest absolute Gasteiger partial charge is 0.269 e. The van der Waals surface area contributed by atoms with E-state index in [4.69, 9.17) is 10.1 Å². The van der Waals surface area contributed by atoms with Gasteiger partial charge in [-0.2, -0.15) is 4.98 Å². The molecule has 1 unspecified atom stereocenters. The van der Waals surface area contributed by atoms with E-state index in [1.807, 2.05) is 12.1 Å². The van der Waals surface area contributed by atoms with Gasteiger partial charge in [0.25, 0.3) is 11.6 Å². The molecule has 3 heterocycles. The molecule has 1 aliphatic heterocycles. The first-order chi connectivity index (χ1) is 18.1. The molecule has 0 fully saturated rings. The third-order valence-corrected chi connectivity index (χ3v) is 6.42. The summed E-state index contributed by atoms with van der Waals surface area (Å²) < 4.78 is 1.61. The molecule has 0 spiro atoms. The number of nitrogens with zero attached hydrogens (tertiary/aromatic N) is 5. The first-order valence-corrected chi connectivity index (χ1v) is 12.1. The minimum atomic E-state index is -0.752. The van der Waals surface area contributed by atoms with Crippen molar-refractivity contribution in [3.05, 3.63) is 106 Å². The number of hydrogen-bond donors (Lipinski definition) is 2. The Hall–Kier alpha value is -4.86. The van der Waals surface area contributed by atoms with Crippen LogP contribution in [0.1, 0.15) is 44.9 Å². The zero-order valence-electron chi connectivity index (χ0n) is 21.5. The fourth-order valence-electron chi connectivity index (χ4n) is 4.44. The number of non-ortho nitro benzene ring substituents is 1. The van der Waals surface area contributed by atoms with E-state index in [1.165, 1.54) is 17.7 Å². The van der Waals surface area contributed by atoms with Gasteiger partial charge in [0.1, 0.15) is 6.04 Å². The number of hydrogen-bond acceptors (Lipinski definition) is 7. The summed E-state index contributed by atoms with van der Waals surface area (Å²) in [7, 11) is 0. The predicted molar refractivity (Wildman–Crippen MR) is 145 cm³/mol. The van der Waals surface area contributed by atoms with E-state index >= 15 is 0 Å². The summed E-state index contributed by atoms with van der Waals surface area (Å²) in [6.07, 6.45) is 3.16. The second-order valence-corrected chi connectivity index (χ2v) is 10.1. The zero-order chi connectivity index (χ0) is 27.0. The molecule has 1 atom stereocenters. The minimum Gasteiger partial charge on any atom is -0.328 e. The third kappa shape index (κ3) is 4.75. The summed E-state index contributed by atoms with van der Waals surface area (Å²) in [5.41, 5.74) is 3.93. The van der Waals surface area contributed by atoms with Crippen molar-refractivity contribution in [2.45, 2.75) is 39.2 Å². The molecule has 0 saturated heterocycles. The standard InChI is InChI=1S/C28H27N7O3/c1-17-23(26(36)31-21-8-6-14-29-16-21)24(19-7-5-9-22(15-19)35(37)38)34-27(30-17)32-25(33-34)18-10-12-20(13-11-18)28(2,3)4/h5-16,24H,1-4H3,(H,31,36)(H,30,32,33). The number of pyridine rings is 1. The van der Waals surface area contributed by atoms with Gasteiger partial charge in [0.2, 0.25) is 5.95 Å². The Kier molecular flexibility index (Phi) is 6.23. The summed E-state index contributed by atoms with van der Waals surface area (Å²) in [5, 5.41) is 22.4. The van der Waals surface area contributed by atoms with Crippen LogP contribution in [0, 0.1) is 10.1 Å². The number of allylic oxidation sites excluding steroid dienone is 1. The fraction of sp³-hybridized carbons (Fsp3) is 0.214. The Morgan fingerprint density at radius 3 is 2.53 bits per heavy atom. The Balaban J connectivity index is 1.60. The summed E-state index contributed by atoms with van der Waals surface area (Å²) in [6, 6.07) is 17.0. The number of nitrogens with one attached hydrogen (secondary N) is 2. The van der Waals surface area contributed by atoms with Crippen molar-refractivity contribution in [3.8, 4) is 11.4 Å². The van der Waals surface area contributed by atoms with Gasteiger partial charge in [-0.25, -0.2) is 4.68 Å². The Morgan fingerprint density at radius 2 is 1.87 bits per heavy atom. The number of benzene rings is 2. The maximum atomic E-state index is 13.6. The Labute approximate surface area is 219 Å². The van der Waals surface area contributed by atoms with Crippen LogP contribution in [0.2, 0.25) is 0 Å². The van der Waals surface area contributed by atoms with E-state index in [2.05, 4.69) is 48.5 Å². The molecule has 2 aromatic carbocycles. The molecule has 0 radical (unpaired) electrons. The van der Waals surface area contributed by atoms with E-state index < -0.39 is 11.0 Å². The predicted octanol–water partition coefficient (Wildman–Crippen LogP) is 5.47. The van der Waals surface area contributed by atoms with Crippen LogP contribution in [0.3, 0.4) is 0 Å². The number of anilines is 2. The Bertz CT molecular complexity index is 1550. The van der Waals surface area contributed by atoms with Gasteiger partial charge in [0.15, 0.2) is 5.82 Å². The molecule has 0 saturated carbocycles. The van der Waals surface area contributed by atoms with Crippen molar-refractivity contribution in [1.82, 2.24) is 19.7 Å². The van der Waals surface area contributed by atoms with Gasteiger partial charge in [0.05, 0.1) is 22.4 Å². The van der Waals surface area contributed by atoms with E-state index in [-0.39, 0.29) is 17.0 Å². The van der Waals surface area contributed by atoms with Crippen molar-refractivity contribution in [3.63, 3.8) is 0 Å². The normalized spacial score (nSPS) is 15.0. The van der Waals surface area contributed by atoms with Crippen LogP contribution < -0.4 is 10.6 Å². The molecule has 0 bridgehead atoms. The quantitative estimate of drug-likeness (QED) is 0.269. The topological polar surface area (TPSA) is 128 Å². The lowest BCUT2D eigenvalue weighted by Crippen LogP contribution is -2.31. The van der Waals surface area contributed by atoms with Gasteiger partial charge in [-0.15, -0.1) is 5.10 Å². The van der Waals surface area contributed by atoms with E-state index in [1.54, 1.807) is 48.3 Å². The fourth-order valence-corrected chi connectivity index (χ4v) is 4.44. The molecule has 192 valence electrons. The maximum absolute atomic E-state index is 13.6. The number of aromatic nitrogens is 4. The number of nitro groups is 1. The van der Waals surface area contributed by atoms with Gasteiger partial charge in [-0.05, 0) is 35.6 Å². The highest BCUT2D eigenvalue weighted by molar-refractivity contribution is 6.06. The van der Waals surface area contributed by atoms with Crippen molar-refractivity contribution in [1.29, 1.82) is 0 Å². The monoisotopic (exact) mass is 509 g/mol. The molecule has 2 aromatic heterocycles. The SMILES string of the molecule is CC1=C(C(=O)Nc2cccnc2)C(c2cccc([N+](=O)[O-])c2)n2nc(-c3ccc(C(C)(C)C)cc3)nc2N1. The summed E-state index contributed by atoms with van der Waals surface area (Å²) in [5.74, 6) is 0.536. The molecule has 2 N–H and O–H groups in total. The van der Waals surface area contributed by atoms with Gasteiger partial charge in [0, 0.05) is 29.6 Å². The number of carbonyl (C=O) groups is 1. The van der Waals surface area contributed by atoms with Crippen molar-refractivity contribution in [2.24, 2.45) is 0 Å². The summed E-state index contributed by atoms with van der Waals surface area (Å²) in [6.45, 7) is 8.22. The van der Waals surface area contributed by atoms with Gasteiger partial charge in [-0.1, -0.05) is 57.2 Å². The van der Waals surface area contributed by atoms with Gasteiger partial charge >= 0.3 is 0 Å². The van der Waals surface area contributed by atoms with Crippen LogP contribution in [0.5, 0.6) is 0 Å². The van der Waals surface area contributed by atoms with Crippen molar-refractivity contribution < 1.29 is 9.72 Å². The van der Waals surface area contributed by atoms with Crippen molar-refractivity contribution in [2.75, 3.05) is 10.6 Å². The summed E-state index contributed by atoms with van der Waals surface area (Å²) in [4.78, 5) is 33.4. The van der Waals surface area contributed by atoms with E-state index in [9.17, 15) is 14.9 Å². The van der Waals surface area contributed by atoms with Crippen LogP contribution in [-0.4, -0.2) is 30.6 Å². The second kappa shape index (κ2) is 9.55. The highest BCUT2D eigenvalue weighted by Gasteiger charge is 2.35. The molecular weight excluding hydrogens is 482 g/mol. The van der Waals surface area contributed by atoms with Crippen LogP contribution >= 0.6 is 0 Å². The summed E-state index contributed by atoms with van der Waals surface area (Å²) >= 11 is 0. The third-order valence-electron chi connectivity index (χ3n) is 6.42. The molecule has 0 aliphatic carbocycles. The second-order valence-electron chi connectivity index (χ2n) is 10.1. The van der Waals surface area contributed by atoms with Crippen LogP contribution in [0.4, 0.5) is 17.3 Å². The maximum Gasteiger partial charge on any atom is 0.269 e.